The van der Waals surface area contributed by atoms with E-state index in [9.17, 15) is 37.2 Å². The standard InChI is InChI=1S/C43H38F2N8O7S/c44-28-15-18-51(23-28)61(58,59)49-37-10-8-35(45)40(34(37)21-46)60-31-7-9-36-33(20-31)43(57)53(24-47-36)30-5-3-29(4-6-30)50-16-13-25(14-17-50)26-1-2-27-22-52(42(56)32(27)19-26)38-11-12-39(54)48-41(38)55/h1-10,19-20,24-25,28,38,49H,11-18,22-23H2,(H,48,54,55)/t28-,38?/m1/s1. The molecule has 3 fully saturated rings. The van der Waals surface area contributed by atoms with E-state index in [2.05, 4.69) is 26.0 Å². The van der Waals surface area contributed by atoms with E-state index in [0.29, 0.717) is 29.7 Å². The number of hydrogen-bond donors (Lipinski definition) is 2. The number of nitriles is 1. The van der Waals surface area contributed by atoms with Gasteiger partial charge in [0.25, 0.3) is 11.5 Å². The van der Waals surface area contributed by atoms with Gasteiger partial charge in [0.2, 0.25) is 11.8 Å². The van der Waals surface area contributed by atoms with E-state index in [1.54, 1.807) is 11.0 Å². The zero-order chi connectivity index (χ0) is 42.6. The van der Waals surface area contributed by atoms with Crippen LogP contribution in [0.4, 0.5) is 20.2 Å². The van der Waals surface area contributed by atoms with Crippen LogP contribution < -0.4 is 25.2 Å². The first-order valence-corrected chi connectivity index (χ1v) is 21.3. The van der Waals surface area contributed by atoms with Crippen LogP contribution in [-0.4, -0.2) is 83.3 Å². The van der Waals surface area contributed by atoms with Crippen LogP contribution in [0, 0.1) is 17.1 Å². The Morgan fingerprint density at radius 3 is 2.39 bits per heavy atom. The molecule has 5 aromatic rings. The second kappa shape index (κ2) is 15.7. The maximum atomic E-state index is 15.1. The Labute approximate surface area is 348 Å². The highest BCUT2D eigenvalue weighted by atomic mass is 32.2. The van der Waals surface area contributed by atoms with Crippen LogP contribution in [0.2, 0.25) is 0 Å². The van der Waals surface area contributed by atoms with Crippen LogP contribution in [0.5, 0.6) is 11.5 Å². The number of ether oxygens (including phenoxy) is 1. The first-order chi connectivity index (χ1) is 29.4. The van der Waals surface area contributed by atoms with E-state index in [1.165, 1.54) is 29.1 Å². The highest BCUT2D eigenvalue weighted by Gasteiger charge is 2.39. The number of fused-ring (bicyclic) bond motifs is 2. The van der Waals surface area contributed by atoms with Gasteiger partial charge in [0, 0.05) is 50.4 Å². The third-order valence-electron chi connectivity index (χ3n) is 11.9. The lowest BCUT2D eigenvalue weighted by Gasteiger charge is -2.34. The van der Waals surface area contributed by atoms with E-state index in [0.717, 1.165) is 59.2 Å². The molecule has 1 aromatic heterocycles. The average Bonchev–Trinajstić information content (AvgIpc) is 3.85. The zero-order valence-electron chi connectivity index (χ0n) is 32.5. The molecule has 1 unspecified atom stereocenters. The fourth-order valence-corrected chi connectivity index (χ4v) is 9.83. The van der Waals surface area contributed by atoms with Gasteiger partial charge in [-0.2, -0.15) is 18.0 Å². The summed E-state index contributed by atoms with van der Waals surface area (Å²) in [6.45, 7) is 1.48. The largest absolute Gasteiger partial charge is 0.453 e. The van der Waals surface area contributed by atoms with Crippen molar-refractivity contribution in [3.8, 4) is 23.3 Å². The maximum absolute atomic E-state index is 15.1. The molecule has 0 spiro atoms. The molecule has 5 heterocycles. The predicted octanol–water partition coefficient (Wildman–Crippen LogP) is 5.03. The molecule has 61 heavy (non-hydrogen) atoms. The van der Waals surface area contributed by atoms with Gasteiger partial charge in [0.05, 0.1) is 22.3 Å². The first kappa shape index (κ1) is 39.7. The number of aromatic nitrogens is 2. The van der Waals surface area contributed by atoms with Crippen molar-refractivity contribution in [3.05, 3.63) is 118 Å². The van der Waals surface area contributed by atoms with Gasteiger partial charge in [-0.3, -0.25) is 33.8 Å². The third kappa shape index (κ3) is 7.55. The monoisotopic (exact) mass is 848 g/mol. The number of piperidine rings is 2. The van der Waals surface area contributed by atoms with E-state index < -0.39 is 51.0 Å². The third-order valence-corrected chi connectivity index (χ3v) is 13.3. The molecule has 9 rings (SSSR count). The van der Waals surface area contributed by atoms with Crippen molar-refractivity contribution in [3.63, 3.8) is 0 Å². The lowest BCUT2D eigenvalue weighted by atomic mass is 9.87. The fourth-order valence-electron chi connectivity index (χ4n) is 8.55. The zero-order valence-corrected chi connectivity index (χ0v) is 33.3. The Balaban J connectivity index is 0.873. The minimum absolute atomic E-state index is 0.00110. The van der Waals surface area contributed by atoms with E-state index in [-0.39, 0.29) is 60.5 Å². The van der Waals surface area contributed by atoms with Gasteiger partial charge in [0.15, 0.2) is 11.6 Å². The van der Waals surface area contributed by atoms with Crippen molar-refractivity contribution in [2.45, 2.75) is 56.8 Å². The van der Waals surface area contributed by atoms with Crippen molar-refractivity contribution >= 4 is 50.2 Å². The first-order valence-electron chi connectivity index (χ1n) is 19.8. The summed E-state index contributed by atoms with van der Waals surface area (Å²) in [5.74, 6) is -2.21. The Morgan fingerprint density at radius 1 is 0.902 bits per heavy atom. The van der Waals surface area contributed by atoms with Crippen molar-refractivity contribution in [1.82, 2.24) is 24.1 Å². The smallest absolute Gasteiger partial charge is 0.301 e. The lowest BCUT2D eigenvalue weighted by Crippen LogP contribution is -2.52. The quantitative estimate of drug-likeness (QED) is 0.191. The summed E-state index contributed by atoms with van der Waals surface area (Å²) in [4.78, 5) is 59.6. The molecule has 3 amide bonds. The predicted molar refractivity (Wildman–Crippen MR) is 219 cm³/mol. The minimum Gasteiger partial charge on any atom is -0.453 e. The molecule has 3 saturated heterocycles. The molecule has 0 bridgehead atoms. The number of hydrogen-bond acceptors (Lipinski definition) is 10. The number of nitrogens with zero attached hydrogens (tertiary/aromatic N) is 6. The second-order valence-electron chi connectivity index (χ2n) is 15.6. The summed E-state index contributed by atoms with van der Waals surface area (Å²) in [5, 5.41) is 12.4. The van der Waals surface area contributed by atoms with E-state index in [4.69, 9.17) is 4.74 Å². The Hall–Kier alpha value is -6.71. The van der Waals surface area contributed by atoms with Crippen molar-refractivity contribution in [2.24, 2.45) is 0 Å². The van der Waals surface area contributed by atoms with Gasteiger partial charge >= 0.3 is 10.2 Å². The lowest BCUT2D eigenvalue weighted by molar-refractivity contribution is -0.136. The number of halogens is 2. The van der Waals surface area contributed by atoms with Crippen molar-refractivity contribution in [2.75, 3.05) is 35.8 Å². The SMILES string of the molecule is N#Cc1c(NS(=O)(=O)N2CC[C@@H](F)C2)ccc(F)c1Oc1ccc2ncn(-c3ccc(N4CCC(c5ccc6c(c5)C(=O)N(C5CCC(=O)NC5=O)C6)CC4)cc3)c(=O)c2c1. The normalized spacial score (nSPS) is 19.9. The van der Waals surface area contributed by atoms with Crippen LogP contribution >= 0.6 is 0 Å². The van der Waals surface area contributed by atoms with Crippen LogP contribution in [0.1, 0.15) is 65.1 Å². The number of anilines is 2. The molecule has 4 aliphatic heterocycles. The summed E-state index contributed by atoms with van der Waals surface area (Å²) in [5.41, 5.74) is 3.29. The molecule has 0 aliphatic carbocycles. The molecule has 0 saturated carbocycles. The van der Waals surface area contributed by atoms with E-state index >= 15 is 4.39 Å². The van der Waals surface area contributed by atoms with Crippen LogP contribution in [0.25, 0.3) is 16.6 Å². The Kier molecular flexibility index (Phi) is 10.2. The highest BCUT2D eigenvalue weighted by molar-refractivity contribution is 7.90. The van der Waals surface area contributed by atoms with Crippen molar-refractivity contribution < 1.29 is 36.3 Å². The van der Waals surface area contributed by atoms with Gasteiger partial charge in [-0.1, -0.05) is 12.1 Å². The second-order valence-corrected chi connectivity index (χ2v) is 17.2. The van der Waals surface area contributed by atoms with Crippen molar-refractivity contribution in [1.29, 1.82) is 5.26 Å². The molecule has 4 aromatic carbocycles. The van der Waals surface area contributed by atoms with Gasteiger partial charge < -0.3 is 14.5 Å². The molecular weight excluding hydrogens is 811 g/mol. The van der Waals surface area contributed by atoms with Gasteiger partial charge in [-0.05, 0) is 103 Å². The number of alkyl halides is 1. The average molecular weight is 849 g/mol. The molecule has 2 atom stereocenters. The van der Waals surface area contributed by atoms with Crippen LogP contribution in [-0.2, 0) is 26.3 Å². The van der Waals surface area contributed by atoms with Crippen LogP contribution in [0.3, 0.4) is 0 Å². The number of imide groups is 1. The molecule has 2 N–H and O–H groups in total. The number of rotatable bonds is 9. The molecule has 18 heteroatoms. The number of carbonyl (C=O) groups is 3. The number of carbonyl (C=O) groups excluding carboxylic acids is 3. The molecule has 312 valence electrons. The highest BCUT2D eigenvalue weighted by Crippen LogP contribution is 2.37. The van der Waals surface area contributed by atoms with Crippen LogP contribution in [0.15, 0.2) is 83.9 Å². The van der Waals surface area contributed by atoms with E-state index in [1.807, 2.05) is 36.4 Å². The molecule has 0 radical (unpaired) electrons. The van der Waals surface area contributed by atoms with Gasteiger partial charge in [0.1, 0.15) is 35.9 Å². The number of benzene rings is 4. The molecule has 4 aliphatic rings. The van der Waals surface area contributed by atoms with Gasteiger partial charge in [-0.25, -0.2) is 13.8 Å². The number of nitrogens with one attached hydrogen (secondary N) is 2. The van der Waals surface area contributed by atoms with Gasteiger partial charge in [-0.15, -0.1) is 0 Å². The summed E-state index contributed by atoms with van der Waals surface area (Å²) >= 11 is 0. The Bertz CT molecular complexity index is 2840. The molecule has 15 nitrogen and oxygen atoms in total. The number of amides is 3. The minimum atomic E-state index is -4.25. The molecular formula is C43H38F2N8O7S. The Morgan fingerprint density at radius 2 is 1.67 bits per heavy atom. The summed E-state index contributed by atoms with van der Waals surface area (Å²) in [6, 6.07) is 20.9. The summed E-state index contributed by atoms with van der Waals surface area (Å²) in [7, 11) is -4.25. The topological polar surface area (TPSA) is 187 Å². The summed E-state index contributed by atoms with van der Waals surface area (Å²) in [6.07, 6.45) is 2.35. The maximum Gasteiger partial charge on any atom is 0.301 e. The summed E-state index contributed by atoms with van der Waals surface area (Å²) < 4.78 is 65.0. The fraction of sp³-hybridized carbons (Fsp3) is 0.302.